The number of benzene rings is 1. The second-order valence-electron chi connectivity index (χ2n) is 7.02. The van der Waals surface area contributed by atoms with Gasteiger partial charge in [0.05, 0.1) is 5.75 Å². The highest BCUT2D eigenvalue weighted by molar-refractivity contribution is 7.99. The van der Waals surface area contributed by atoms with Crippen LogP contribution in [0, 0.1) is 0 Å². The Hall–Kier alpha value is -2.87. The van der Waals surface area contributed by atoms with Crippen molar-refractivity contribution in [2.24, 2.45) is 0 Å². The Morgan fingerprint density at radius 2 is 1.89 bits per heavy atom. The van der Waals surface area contributed by atoms with E-state index in [0.717, 1.165) is 11.3 Å². The molecule has 140 valence electrons. The zero-order chi connectivity index (χ0) is 19.4. The number of hydrogen-bond acceptors (Lipinski definition) is 6. The first-order valence-electron chi connectivity index (χ1n) is 8.50. The van der Waals surface area contributed by atoms with Crippen LogP contribution < -0.4 is 11.2 Å². The lowest BCUT2D eigenvalue weighted by Gasteiger charge is -2.22. The predicted octanol–water partition coefficient (Wildman–Crippen LogP) is 3.08. The number of aromatic nitrogens is 4. The van der Waals surface area contributed by atoms with E-state index in [1.165, 1.54) is 16.4 Å². The smallest absolute Gasteiger partial charge is 0.234 e. The molecule has 27 heavy (non-hydrogen) atoms. The molecule has 0 saturated heterocycles. The molecule has 2 heterocycles. The molecular weight excluding hydrogens is 360 g/mol. The molecular formula is C19H22N6OS. The maximum absolute atomic E-state index is 12.4. The first kappa shape index (κ1) is 18.9. The van der Waals surface area contributed by atoms with Gasteiger partial charge in [0, 0.05) is 11.9 Å². The number of carbonyl (C=O) groups is 1. The van der Waals surface area contributed by atoms with E-state index in [0.29, 0.717) is 16.7 Å². The number of nitrogens with one attached hydrogen (secondary N) is 1. The van der Waals surface area contributed by atoms with Gasteiger partial charge in [-0.2, -0.15) is 0 Å². The number of thioether (sulfide) groups is 1. The molecule has 7 nitrogen and oxygen atoms in total. The van der Waals surface area contributed by atoms with E-state index in [9.17, 15) is 4.79 Å². The summed E-state index contributed by atoms with van der Waals surface area (Å²) < 4.78 is 1.35. The van der Waals surface area contributed by atoms with E-state index in [1.807, 2.05) is 36.4 Å². The summed E-state index contributed by atoms with van der Waals surface area (Å²) in [5, 5.41) is 11.6. The Bertz CT molecular complexity index is 933. The monoisotopic (exact) mass is 382 g/mol. The fourth-order valence-electron chi connectivity index (χ4n) is 2.61. The molecule has 0 radical (unpaired) electrons. The van der Waals surface area contributed by atoms with Gasteiger partial charge < -0.3 is 11.2 Å². The molecule has 0 aliphatic carbocycles. The van der Waals surface area contributed by atoms with Crippen molar-refractivity contribution in [3.05, 3.63) is 54.2 Å². The quantitative estimate of drug-likeness (QED) is 0.520. The van der Waals surface area contributed by atoms with Crippen LogP contribution in [0.4, 0.5) is 5.69 Å². The van der Waals surface area contributed by atoms with Crippen molar-refractivity contribution < 1.29 is 4.79 Å². The van der Waals surface area contributed by atoms with Crippen molar-refractivity contribution >= 4 is 23.4 Å². The minimum Gasteiger partial charge on any atom is -0.335 e. The van der Waals surface area contributed by atoms with Gasteiger partial charge in [0.25, 0.3) is 0 Å². The summed E-state index contributed by atoms with van der Waals surface area (Å²) in [4.78, 5) is 16.6. The Morgan fingerprint density at radius 3 is 2.59 bits per heavy atom. The van der Waals surface area contributed by atoms with Gasteiger partial charge in [-0.25, -0.2) is 4.68 Å². The molecule has 0 bridgehead atoms. The molecule has 1 aromatic carbocycles. The molecule has 3 aromatic rings. The van der Waals surface area contributed by atoms with Crippen LogP contribution in [-0.2, 0) is 10.2 Å². The summed E-state index contributed by atoms with van der Waals surface area (Å²) in [6.07, 6.45) is 1.66. The molecule has 0 aliphatic heterocycles. The van der Waals surface area contributed by atoms with Crippen molar-refractivity contribution in [3.8, 4) is 11.5 Å². The molecule has 3 rings (SSSR count). The predicted molar refractivity (Wildman–Crippen MR) is 108 cm³/mol. The summed E-state index contributed by atoms with van der Waals surface area (Å²) in [6.45, 7) is 6.34. The maximum Gasteiger partial charge on any atom is 0.234 e. The number of carbonyl (C=O) groups excluding carboxylic acids is 1. The number of rotatable bonds is 5. The highest BCUT2D eigenvalue weighted by Crippen LogP contribution is 2.29. The largest absolute Gasteiger partial charge is 0.335 e. The first-order valence-corrected chi connectivity index (χ1v) is 9.49. The molecule has 0 atom stereocenters. The van der Waals surface area contributed by atoms with Gasteiger partial charge in [-0.05, 0) is 29.2 Å². The summed E-state index contributed by atoms with van der Waals surface area (Å²) in [7, 11) is 0. The Labute approximate surface area is 162 Å². The summed E-state index contributed by atoms with van der Waals surface area (Å²) in [5.41, 5.74) is 2.47. The zero-order valence-electron chi connectivity index (χ0n) is 15.5. The van der Waals surface area contributed by atoms with Gasteiger partial charge in [0.15, 0.2) is 0 Å². The number of nitrogens with two attached hydrogens (primary N) is 1. The number of amides is 1. The van der Waals surface area contributed by atoms with E-state index >= 15 is 0 Å². The zero-order valence-corrected chi connectivity index (χ0v) is 16.3. The summed E-state index contributed by atoms with van der Waals surface area (Å²) in [6, 6.07) is 13.3. The average Bonchev–Trinajstić information content (AvgIpc) is 3.01. The summed E-state index contributed by atoms with van der Waals surface area (Å²) in [5.74, 6) is 6.56. The van der Waals surface area contributed by atoms with E-state index in [1.54, 1.807) is 12.3 Å². The number of hydrogen-bond donors (Lipinski definition) is 2. The van der Waals surface area contributed by atoms with Crippen molar-refractivity contribution in [1.82, 2.24) is 19.9 Å². The maximum atomic E-state index is 12.4. The number of nitrogen functional groups attached to an aromatic ring is 1. The third-order valence-corrected chi connectivity index (χ3v) is 4.84. The highest BCUT2D eigenvalue weighted by Gasteiger charge is 2.19. The van der Waals surface area contributed by atoms with Crippen LogP contribution in [0.2, 0.25) is 0 Å². The Kier molecular flexibility index (Phi) is 5.46. The van der Waals surface area contributed by atoms with Crippen molar-refractivity contribution in [2.75, 3.05) is 16.9 Å². The van der Waals surface area contributed by atoms with E-state index in [2.05, 4.69) is 41.3 Å². The standard InChI is InChI=1S/C19H22N6OS/c1-19(2,3)13-8-4-5-9-14(13)22-16(26)12-27-18-24-23-17(25(18)20)15-10-6-7-11-21-15/h4-11H,12,20H2,1-3H3,(H,22,26). The number of pyridine rings is 1. The van der Waals surface area contributed by atoms with Crippen molar-refractivity contribution in [2.45, 2.75) is 31.3 Å². The molecule has 1 amide bonds. The lowest BCUT2D eigenvalue weighted by atomic mass is 9.86. The lowest BCUT2D eigenvalue weighted by Crippen LogP contribution is -2.20. The minimum atomic E-state index is -0.126. The van der Waals surface area contributed by atoms with Gasteiger partial charge >= 0.3 is 0 Å². The molecule has 2 aromatic heterocycles. The topological polar surface area (TPSA) is 98.7 Å². The van der Waals surface area contributed by atoms with Gasteiger partial charge in [-0.1, -0.05) is 56.8 Å². The third kappa shape index (κ3) is 4.46. The van der Waals surface area contributed by atoms with Crippen molar-refractivity contribution in [1.29, 1.82) is 0 Å². The molecule has 0 unspecified atom stereocenters. The minimum absolute atomic E-state index is 0.0635. The number of para-hydroxylation sites is 1. The molecule has 0 aliphatic rings. The normalized spacial score (nSPS) is 11.4. The van der Waals surface area contributed by atoms with Crippen LogP contribution in [0.3, 0.4) is 0 Å². The molecule has 0 saturated carbocycles. The fraction of sp³-hybridized carbons (Fsp3) is 0.263. The van der Waals surface area contributed by atoms with Crippen LogP contribution in [0.1, 0.15) is 26.3 Å². The van der Waals surface area contributed by atoms with Gasteiger partial charge in [-0.3, -0.25) is 9.78 Å². The van der Waals surface area contributed by atoms with Crippen LogP contribution in [0.5, 0.6) is 0 Å². The fourth-order valence-corrected chi connectivity index (χ4v) is 3.26. The summed E-state index contributed by atoms with van der Waals surface area (Å²) >= 11 is 1.23. The number of anilines is 1. The Balaban J connectivity index is 1.67. The molecule has 3 N–H and O–H groups in total. The SMILES string of the molecule is CC(C)(C)c1ccccc1NC(=O)CSc1nnc(-c2ccccn2)n1N. The molecule has 0 spiro atoms. The molecule has 0 fully saturated rings. The Morgan fingerprint density at radius 1 is 1.15 bits per heavy atom. The molecule has 8 heteroatoms. The number of nitrogens with zero attached hydrogens (tertiary/aromatic N) is 4. The average molecular weight is 382 g/mol. The van der Waals surface area contributed by atoms with E-state index < -0.39 is 0 Å². The van der Waals surface area contributed by atoms with Crippen molar-refractivity contribution in [3.63, 3.8) is 0 Å². The van der Waals surface area contributed by atoms with Crippen LogP contribution in [0.25, 0.3) is 11.5 Å². The second kappa shape index (κ2) is 7.79. The van der Waals surface area contributed by atoms with Crippen LogP contribution in [-0.4, -0.2) is 31.5 Å². The first-order chi connectivity index (χ1) is 12.9. The van der Waals surface area contributed by atoms with E-state index in [-0.39, 0.29) is 17.1 Å². The van der Waals surface area contributed by atoms with Gasteiger partial charge in [0.2, 0.25) is 16.9 Å². The highest BCUT2D eigenvalue weighted by atomic mass is 32.2. The van der Waals surface area contributed by atoms with E-state index in [4.69, 9.17) is 5.84 Å². The van der Waals surface area contributed by atoms with Crippen LogP contribution >= 0.6 is 11.8 Å². The van der Waals surface area contributed by atoms with Gasteiger partial charge in [0.1, 0.15) is 5.69 Å². The second-order valence-corrected chi connectivity index (χ2v) is 7.97. The third-order valence-electron chi connectivity index (χ3n) is 3.90. The lowest BCUT2D eigenvalue weighted by molar-refractivity contribution is -0.113. The van der Waals surface area contributed by atoms with Gasteiger partial charge in [-0.15, -0.1) is 10.2 Å². The van der Waals surface area contributed by atoms with Crippen LogP contribution in [0.15, 0.2) is 53.8 Å².